The van der Waals surface area contributed by atoms with Crippen LogP contribution in [0.3, 0.4) is 0 Å². The summed E-state index contributed by atoms with van der Waals surface area (Å²) in [6.07, 6.45) is 0.983. The minimum Gasteiger partial charge on any atom is -0.353 e. The molecule has 0 spiro atoms. The number of hydrogen-bond acceptors (Lipinski definition) is 4. The Balaban J connectivity index is 2.56. The van der Waals surface area contributed by atoms with Gasteiger partial charge in [0.1, 0.15) is 4.87 Å². The first-order valence-corrected chi connectivity index (χ1v) is 5.62. The van der Waals surface area contributed by atoms with Crippen molar-refractivity contribution in [2.75, 3.05) is 20.0 Å². The van der Waals surface area contributed by atoms with Gasteiger partial charge in [-0.2, -0.15) is 0 Å². The van der Waals surface area contributed by atoms with Crippen LogP contribution in [0.4, 0.5) is 0 Å². The molecule has 4 heteroatoms. The molecule has 0 amide bonds. The lowest BCUT2D eigenvalue weighted by Crippen LogP contribution is -2.49. The molecule has 1 saturated heterocycles. The fraction of sp³-hybridized carbons (Fsp3) is 1.00. The summed E-state index contributed by atoms with van der Waals surface area (Å²) in [5.41, 5.74) is 0. The van der Waals surface area contributed by atoms with E-state index in [2.05, 4.69) is 19.2 Å². The molecule has 1 heterocycles. The molecule has 13 heavy (non-hydrogen) atoms. The van der Waals surface area contributed by atoms with Crippen LogP contribution < -0.4 is 5.32 Å². The molecule has 2 unspecified atom stereocenters. The molecule has 1 rings (SSSR count). The highest BCUT2D eigenvalue weighted by molar-refractivity contribution is 8.00. The van der Waals surface area contributed by atoms with Crippen molar-refractivity contribution in [2.45, 2.75) is 37.5 Å². The number of nitrogens with one attached hydrogen (secondary N) is 1. The first-order valence-electron chi connectivity index (χ1n) is 4.63. The molecule has 0 aromatic carbocycles. The third-order valence-electron chi connectivity index (χ3n) is 2.45. The van der Waals surface area contributed by atoms with E-state index >= 15 is 0 Å². The highest BCUT2D eigenvalue weighted by atomic mass is 32.2. The highest BCUT2D eigenvalue weighted by Crippen LogP contribution is 2.35. The third-order valence-corrected chi connectivity index (χ3v) is 3.92. The van der Waals surface area contributed by atoms with Gasteiger partial charge in [-0.15, -0.1) is 11.8 Å². The fourth-order valence-electron chi connectivity index (χ4n) is 1.66. The normalized spacial score (nSPS) is 34.4. The summed E-state index contributed by atoms with van der Waals surface area (Å²) in [6, 6.07) is 0.586. The molecular weight excluding hydrogens is 186 g/mol. The minimum absolute atomic E-state index is 0.0931. The summed E-state index contributed by atoms with van der Waals surface area (Å²) in [7, 11) is 3.36. The standard InChI is InChI=1S/C9H19NO2S/c1-5-7-6-13-9(2,10-7)8(11-3)12-4/h7-8,10H,5-6H2,1-4H3. The van der Waals surface area contributed by atoms with Gasteiger partial charge in [0.25, 0.3) is 0 Å². The molecular formula is C9H19NO2S. The summed E-state index contributed by atoms with van der Waals surface area (Å²) in [5.74, 6) is 1.14. The first kappa shape index (κ1) is 11.3. The Hall–Kier alpha value is 0.230. The maximum Gasteiger partial charge on any atom is 0.184 e. The zero-order valence-electron chi connectivity index (χ0n) is 8.79. The maximum absolute atomic E-state index is 5.27. The van der Waals surface area contributed by atoms with Crippen molar-refractivity contribution in [2.24, 2.45) is 0 Å². The molecule has 1 fully saturated rings. The second-order valence-electron chi connectivity index (χ2n) is 3.47. The van der Waals surface area contributed by atoms with Crippen LogP contribution in [0.5, 0.6) is 0 Å². The second kappa shape index (κ2) is 4.64. The predicted octanol–water partition coefficient (Wildman–Crippen LogP) is 1.44. The van der Waals surface area contributed by atoms with E-state index in [4.69, 9.17) is 9.47 Å². The summed E-state index contributed by atoms with van der Waals surface area (Å²) in [6.45, 7) is 4.32. The van der Waals surface area contributed by atoms with Crippen LogP contribution in [0.25, 0.3) is 0 Å². The molecule has 0 saturated carbocycles. The number of rotatable bonds is 4. The highest BCUT2D eigenvalue weighted by Gasteiger charge is 2.41. The topological polar surface area (TPSA) is 30.5 Å². The Morgan fingerprint density at radius 2 is 2.15 bits per heavy atom. The summed E-state index contributed by atoms with van der Waals surface area (Å²) < 4.78 is 10.5. The zero-order valence-corrected chi connectivity index (χ0v) is 9.61. The van der Waals surface area contributed by atoms with E-state index in [0.29, 0.717) is 6.04 Å². The second-order valence-corrected chi connectivity index (χ2v) is 4.94. The average Bonchev–Trinajstić information content (AvgIpc) is 2.50. The predicted molar refractivity (Wildman–Crippen MR) is 55.9 cm³/mol. The zero-order chi connectivity index (χ0) is 9.90. The van der Waals surface area contributed by atoms with Crippen LogP contribution in [-0.2, 0) is 9.47 Å². The Labute approximate surface area is 84.6 Å². The Morgan fingerprint density at radius 1 is 1.54 bits per heavy atom. The van der Waals surface area contributed by atoms with Gasteiger partial charge in [-0.05, 0) is 13.3 Å². The van der Waals surface area contributed by atoms with Crippen molar-refractivity contribution in [3.05, 3.63) is 0 Å². The van der Waals surface area contributed by atoms with E-state index in [0.717, 1.165) is 12.2 Å². The lowest BCUT2D eigenvalue weighted by atomic mass is 10.2. The van der Waals surface area contributed by atoms with E-state index < -0.39 is 0 Å². The quantitative estimate of drug-likeness (QED) is 0.703. The summed E-state index contributed by atoms with van der Waals surface area (Å²) >= 11 is 1.87. The molecule has 1 aliphatic heterocycles. The van der Waals surface area contributed by atoms with E-state index in [1.165, 1.54) is 0 Å². The first-order chi connectivity index (χ1) is 6.16. The van der Waals surface area contributed by atoms with Gasteiger partial charge in [0.15, 0.2) is 6.29 Å². The smallest absolute Gasteiger partial charge is 0.184 e. The van der Waals surface area contributed by atoms with Gasteiger partial charge in [0.2, 0.25) is 0 Å². The van der Waals surface area contributed by atoms with Gasteiger partial charge in [0, 0.05) is 26.0 Å². The number of ether oxygens (including phenoxy) is 2. The van der Waals surface area contributed by atoms with Crippen molar-refractivity contribution < 1.29 is 9.47 Å². The summed E-state index contributed by atoms with van der Waals surface area (Å²) in [5, 5.41) is 3.53. The maximum atomic E-state index is 5.27. The van der Waals surface area contributed by atoms with Crippen LogP contribution in [-0.4, -0.2) is 37.2 Å². The van der Waals surface area contributed by atoms with Crippen molar-refractivity contribution in [1.29, 1.82) is 0 Å². The van der Waals surface area contributed by atoms with Gasteiger partial charge < -0.3 is 9.47 Å². The third kappa shape index (κ3) is 2.37. The van der Waals surface area contributed by atoms with Gasteiger partial charge in [-0.3, -0.25) is 5.32 Å². The Kier molecular flexibility index (Phi) is 4.04. The molecule has 0 aromatic heterocycles. The summed E-state index contributed by atoms with van der Waals surface area (Å²) in [4.78, 5) is -0.0931. The van der Waals surface area contributed by atoms with Crippen molar-refractivity contribution in [3.8, 4) is 0 Å². The van der Waals surface area contributed by atoms with Crippen LogP contribution >= 0.6 is 11.8 Å². The molecule has 1 N–H and O–H groups in total. The SMILES string of the molecule is CCC1CSC(C)(C(OC)OC)N1. The molecule has 0 bridgehead atoms. The molecule has 0 aromatic rings. The van der Waals surface area contributed by atoms with Gasteiger partial charge in [-0.25, -0.2) is 0 Å². The lowest BCUT2D eigenvalue weighted by Gasteiger charge is -2.31. The van der Waals surface area contributed by atoms with Crippen LogP contribution in [0.1, 0.15) is 20.3 Å². The molecule has 2 atom stereocenters. The molecule has 78 valence electrons. The average molecular weight is 205 g/mol. The lowest BCUT2D eigenvalue weighted by molar-refractivity contribution is -0.127. The van der Waals surface area contributed by atoms with E-state index in [1.807, 2.05) is 11.8 Å². The molecule has 1 aliphatic rings. The van der Waals surface area contributed by atoms with Crippen LogP contribution in [0.2, 0.25) is 0 Å². The van der Waals surface area contributed by atoms with E-state index in [-0.39, 0.29) is 11.2 Å². The molecule has 0 radical (unpaired) electrons. The number of methoxy groups -OCH3 is 2. The van der Waals surface area contributed by atoms with Crippen molar-refractivity contribution >= 4 is 11.8 Å². The number of thioether (sulfide) groups is 1. The van der Waals surface area contributed by atoms with Crippen LogP contribution in [0.15, 0.2) is 0 Å². The molecule has 3 nitrogen and oxygen atoms in total. The largest absolute Gasteiger partial charge is 0.353 e. The Bertz CT molecular complexity index is 164. The van der Waals surface area contributed by atoms with Gasteiger partial charge >= 0.3 is 0 Å². The van der Waals surface area contributed by atoms with Crippen LogP contribution in [0, 0.1) is 0 Å². The monoisotopic (exact) mass is 205 g/mol. The van der Waals surface area contributed by atoms with Gasteiger partial charge in [-0.1, -0.05) is 6.92 Å². The molecule has 0 aliphatic carbocycles. The van der Waals surface area contributed by atoms with Crippen molar-refractivity contribution in [3.63, 3.8) is 0 Å². The fourth-order valence-corrected chi connectivity index (χ4v) is 3.11. The van der Waals surface area contributed by atoms with Crippen molar-refractivity contribution in [1.82, 2.24) is 5.32 Å². The van der Waals surface area contributed by atoms with E-state index in [9.17, 15) is 0 Å². The van der Waals surface area contributed by atoms with Gasteiger partial charge in [0.05, 0.1) is 0 Å². The number of hydrogen-bond donors (Lipinski definition) is 1. The Morgan fingerprint density at radius 3 is 2.54 bits per heavy atom. The minimum atomic E-state index is -0.172. The van der Waals surface area contributed by atoms with E-state index in [1.54, 1.807) is 14.2 Å².